The number of fused-ring (bicyclic) bond motifs is 2. The number of amides is 2. The van der Waals surface area contributed by atoms with Crippen LogP contribution in [-0.4, -0.2) is 73.4 Å². The van der Waals surface area contributed by atoms with Crippen LogP contribution in [-0.2, 0) is 23.8 Å². The Morgan fingerprint density at radius 1 is 1.17 bits per heavy atom. The Morgan fingerprint density at radius 2 is 1.86 bits per heavy atom. The Balaban J connectivity index is 1.64. The molecular weight excluding hydrogens is 483 g/mol. The smallest absolute Gasteiger partial charge is 0.378 e. The Hall–Kier alpha value is -3.33. The lowest BCUT2D eigenvalue weighted by atomic mass is 9.92. The zero-order chi connectivity index (χ0) is 26.1. The molecule has 1 N–H and O–H groups in total. The van der Waals surface area contributed by atoms with E-state index in [0.29, 0.717) is 34.5 Å². The SMILES string of the molecule is CN(C)c1ccc2c(c1)N(CCCC(=O)ON1C(=O)CCC1=O)C1=CC(N(C)C)C=CC1=C2[P+](=O)O. The Kier molecular flexibility index (Phi) is 7.40. The molecule has 36 heavy (non-hydrogen) atoms. The average Bonchev–Trinajstić information content (AvgIpc) is 3.14. The third-order valence-corrected chi connectivity index (χ3v) is 7.27. The summed E-state index contributed by atoms with van der Waals surface area (Å²) in [5.74, 6) is -1.68. The van der Waals surface area contributed by atoms with Gasteiger partial charge in [0.15, 0.2) is 0 Å². The number of anilines is 2. The molecule has 2 amide bonds. The van der Waals surface area contributed by atoms with E-state index in [0.717, 1.165) is 17.1 Å². The van der Waals surface area contributed by atoms with Crippen molar-refractivity contribution in [2.24, 2.45) is 0 Å². The van der Waals surface area contributed by atoms with Crippen molar-refractivity contribution in [1.82, 2.24) is 9.96 Å². The number of hydroxylamine groups is 2. The summed E-state index contributed by atoms with van der Waals surface area (Å²) >= 11 is 0. The molecule has 1 aliphatic carbocycles. The van der Waals surface area contributed by atoms with Crippen LogP contribution in [0.25, 0.3) is 5.31 Å². The van der Waals surface area contributed by atoms with E-state index in [1.54, 1.807) is 0 Å². The lowest BCUT2D eigenvalue weighted by molar-refractivity contribution is -0.197. The molecule has 11 heteroatoms. The van der Waals surface area contributed by atoms with Crippen LogP contribution in [0.2, 0.25) is 0 Å². The second-order valence-electron chi connectivity index (χ2n) is 9.30. The van der Waals surface area contributed by atoms with E-state index < -0.39 is 25.8 Å². The largest absolute Gasteiger partial charge is 0.547 e. The predicted molar refractivity (Wildman–Crippen MR) is 136 cm³/mol. The molecule has 2 aliphatic heterocycles. The number of hydrogen-bond acceptors (Lipinski definition) is 8. The summed E-state index contributed by atoms with van der Waals surface area (Å²) in [6.45, 7) is 0.416. The van der Waals surface area contributed by atoms with Gasteiger partial charge in [-0.1, -0.05) is 12.2 Å². The zero-order valence-corrected chi connectivity index (χ0v) is 21.7. The number of likely N-dealkylation sites (N-methyl/N-ethyl adjacent to an activating group) is 1. The first-order valence-electron chi connectivity index (χ1n) is 11.7. The van der Waals surface area contributed by atoms with Crippen molar-refractivity contribution >= 4 is 42.5 Å². The van der Waals surface area contributed by atoms with Gasteiger partial charge in [-0.25, -0.2) is 4.79 Å². The van der Waals surface area contributed by atoms with Gasteiger partial charge in [0.1, 0.15) is 0 Å². The minimum Gasteiger partial charge on any atom is -0.378 e. The van der Waals surface area contributed by atoms with Crippen LogP contribution in [0.1, 0.15) is 31.2 Å². The van der Waals surface area contributed by atoms with E-state index in [4.69, 9.17) is 4.84 Å². The topological polar surface area (TPSA) is 111 Å². The van der Waals surface area contributed by atoms with Crippen molar-refractivity contribution in [1.29, 1.82) is 0 Å². The Morgan fingerprint density at radius 3 is 2.47 bits per heavy atom. The lowest BCUT2D eigenvalue weighted by Crippen LogP contribution is -2.35. The lowest BCUT2D eigenvalue weighted by Gasteiger charge is -2.36. The summed E-state index contributed by atoms with van der Waals surface area (Å²) in [5.41, 5.74) is 3.84. The molecule has 0 bridgehead atoms. The number of imide groups is 1. The predicted octanol–water partition coefficient (Wildman–Crippen LogP) is 2.79. The molecule has 0 spiro atoms. The summed E-state index contributed by atoms with van der Waals surface area (Å²) in [5, 5.41) is 0.940. The molecule has 1 aromatic carbocycles. The van der Waals surface area contributed by atoms with Crippen LogP contribution >= 0.6 is 8.03 Å². The molecule has 2 heterocycles. The number of carbonyl (C=O) groups is 3. The molecule has 0 radical (unpaired) electrons. The van der Waals surface area contributed by atoms with Gasteiger partial charge in [-0.2, -0.15) is 4.89 Å². The molecule has 2 unspecified atom stereocenters. The van der Waals surface area contributed by atoms with Crippen LogP contribution in [0.3, 0.4) is 0 Å². The highest BCUT2D eigenvalue weighted by Gasteiger charge is 2.40. The molecule has 1 aromatic rings. The highest BCUT2D eigenvalue weighted by molar-refractivity contribution is 7.50. The molecule has 190 valence electrons. The maximum atomic E-state index is 12.5. The summed E-state index contributed by atoms with van der Waals surface area (Å²) in [7, 11) is 5.13. The van der Waals surface area contributed by atoms with Crippen molar-refractivity contribution in [2.45, 2.75) is 31.7 Å². The van der Waals surface area contributed by atoms with Crippen molar-refractivity contribution in [2.75, 3.05) is 44.5 Å². The molecule has 2 atom stereocenters. The van der Waals surface area contributed by atoms with Gasteiger partial charge in [-0.15, -0.1) is 5.06 Å². The van der Waals surface area contributed by atoms with E-state index in [1.807, 2.05) is 74.4 Å². The van der Waals surface area contributed by atoms with E-state index in [-0.39, 0.29) is 25.3 Å². The highest BCUT2D eigenvalue weighted by atomic mass is 31.1. The molecule has 0 aromatic heterocycles. The normalized spacial score (nSPS) is 19.4. The third-order valence-electron chi connectivity index (χ3n) is 6.40. The summed E-state index contributed by atoms with van der Waals surface area (Å²) in [6.07, 6.45) is 6.37. The second-order valence-corrected chi connectivity index (χ2v) is 10.3. The van der Waals surface area contributed by atoms with Gasteiger partial charge in [-0.3, -0.25) is 14.5 Å². The van der Waals surface area contributed by atoms with Gasteiger partial charge in [0.25, 0.3) is 11.8 Å². The molecule has 1 saturated heterocycles. The van der Waals surface area contributed by atoms with Crippen LogP contribution in [0.15, 0.2) is 47.7 Å². The van der Waals surface area contributed by atoms with Gasteiger partial charge in [0, 0.05) is 51.6 Å². The summed E-state index contributed by atoms with van der Waals surface area (Å²) in [4.78, 5) is 57.2. The van der Waals surface area contributed by atoms with Gasteiger partial charge in [0.05, 0.1) is 22.5 Å². The third kappa shape index (κ3) is 4.97. The standard InChI is InChI=1S/C25H29N4O6P/c1-26(2)16-7-9-18-20(14-16)28(13-5-6-24(32)35-29-22(30)11-12-23(29)31)21-15-17(27(3)4)8-10-19(21)25(18)36(33)34/h7-10,14-16H,5-6,11-13H2,1-4H3/p+1. The van der Waals surface area contributed by atoms with Crippen LogP contribution in [0.4, 0.5) is 11.4 Å². The number of rotatable bonds is 8. The van der Waals surface area contributed by atoms with Gasteiger partial charge in [-0.05, 0) is 49.4 Å². The number of benzene rings is 1. The molecule has 3 aliphatic rings. The summed E-state index contributed by atoms with van der Waals surface area (Å²) < 4.78 is 12.5. The average molecular weight is 514 g/mol. The van der Waals surface area contributed by atoms with Gasteiger partial charge < -0.3 is 14.6 Å². The number of carbonyl (C=O) groups excluding carboxylic acids is 3. The maximum Gasteiger partial charge on any atom is 0.547 e. The van der Waals surface area contributed by atoms with E-state index in [9.17, 15) is 23.8 Å². The van der Waals surface area contributed by atoms with Gasteiger partial charge in [0.2, 0.25) is 5.31 Å². The Bertz CT molecular complexity index is 1200. The quantitative estimate of drug-likeness (QED) is 0.414. The monoisotopic (exact) mass is 513 g/mol. The van der Waals surface area contributed by atoms with Crippen molar-refractivity contribution in [3.05, 3.63) is 53.3 Å². The van der Waals surface area contributed by atoms with Crippen molar-refractivity contribution < 1.29 is 28.7 Å². The Labute approximate surface area is 210 Å². The minimum atomic E-state index is -2.62. The number of hydrogen-bond donors (Lipinski definition) is 1. The van der Waals surface area contributed by atoms with Crippen molar-refractivity contribution in [3.8, 4) is 0 Å². The van der Waals surface area contributed by atoms with E-state index >= 15 is 0 Å². The zero-order valence-electron chi connectivity index (χ0n) is 20.8. The molecule has 4 rings (SSSR count). The summed E-state index contributed by atoms with van der Waals surface area (Å²) in [6, 6.07) is 5.71. The molecule has 10 nitrogen and oxygen atoms in total. The van der Waals surface area contributed by atoms with Crippen molar-refractivity contribution in [3.63, 3.8) is 0 Å². The second kappa shape index (κ2) is 10.3. The van der Waals surface area contributed by atoms with Crippen LogP contribution in [0, 0.1) is 0 Å². The number of nitrogens with zero attached hydrogens (tertiary/aromatic N) is 4. The first-order valence-corrected chi connectivity index (χ1v) is 12.9. The molecule has 0 saturated carbocycles. The fourth-order valence-electron chi connectivity index (χ4n) is 4.47. The van der Waals surface area contributed by atoms with E-state index in [2.05, 4.69) is 4.90 Å². The number of allylic oxidation sites excluding steroid dienone is 1. The van der Waals surface area contributed by atoms with Crippen LogP contribution in [0.5, 0.6) is 0 Å². The van der Waals surface area contributed by atoms with Gasteiger partial charge >= 0.3 is 14.0 Å². The molecule has 1 fully saturated rings. The first-order chi connectivity index (χ1) is 17.1. The first kappa shape index (κ1) is 25.8. The highest BCUT2D eigenvalue weighted by Crippen LogP contribution is 2.51. The fourth-order valence-corrected chi connectivity index (χ4v) is 5.26. The fraction of sp³-hybridized carbons (Fsp3) is 0.400. The minimum absolute atomic E-state index is 0.00331. The maximum absolute atomic E-state index is 12.5. The van der Waals surface area contributed by atoms with E-state index in [1.165, 1.54) is 0 Å². The van der Waals surface area contributed by atoms with Crippen LogP contribution < -0.4 is 9.80 Å². The molecular formula is C25H30N4O6P+.